The second-order valence-corrected chi connectivity index (χ2v) is 7.08. The number of fused-ring (bicyclic) bond motifs is 1. The van der Waals surface area contributed by atoms with Crippen LogP contribution in [0.25, 0.3) is 11.1 Å². The van der Waals surface area contributed by atoms with Gasteiger partial charge in [-0.2, -0.15) is 0 Å². The fraction of sp³-hybridized carbons (Fsp3) is 0.412. The molecule has 0 bridgehead atoms. The Balaban J connectivity index is 0.00000264. The Hall–Kier alpha value is -0.590. The molecule has 2 aliphatic carbocycles. The van der Waals surface area contributed by atoms with Crippen LogP contribution in [0, 0.1) is 0 Å². The molecule has 0 spiro atoms. The first kappa shape index (κ1) is 20.5. The molecule has 0 amide bonds. The Kier molecular flexibility index (Phi) is 7.11. The topological polar surface area (TPSA) is 66.4 Å². The van der Waals surface area contributed by atoms with Gasteiger partial charge in [-0.1, -0.05) is 33.3 Å². The number of methoxy groups -OCH3 is 1. The minimum Gasteiger partial charge on any atom is -0.744 e. The Labute approximate surface area is 160 Å². The van der Waals surface area contributed by atoms with E-state index in [-0.39, 0.29) is 40.4 Å². The van der Waals surface area contributed by atoms with E-state index >= 15 is 0 Å². The van der Waals surface area contributed by atoms with E-state index in [0.717, 1.165) is 23.1 Å². The minimum atomic E-state index is -4.53. The van der Waals surface area contributed by atoms with Gasteiger partial charge < -0.3 is 9.29 Å². The van der Waals surface area contributed by atoms with Crippen molar-refractivity contribution in [1.29, 1.82) is 0 Å². The average molecular weight is 344 g/mol. The monoisotopic (exact) mass is 344 g/mol. The van der Waals surface area contributed by atoms with Gasteiger partial charge >= 0.3 is 29.6 Å². The molecule has 0 aliphatic heterocycles. The third kappa shape index (κ3) is 4.28. The summed E-state index contributed by atoms with van der Waals surface area (Å²) in [4.78, 5) is -0.151. The van der Waals surface area contributed by atoms with Crippen LogP contribution in [-0.4, -0.2) is 20.1 Å². The van der Waals surface area contributed by atoms with Gasteiger partial charge in [-0.05, 0) is 41.7 Å². The van der Waals surface area contributed by atoms with Crippen molar-refractivity contribution in [1.82, 2.24) is 0 Å². The Bertz CT molecular complexity index is 754. The number of aryl methyl sites for hydroxylation is 1. The van der Waals surface area contributed by atoms with Crippen LogP contribution >= 0.6 is 0 Å². The van der Waals surface area contributed by atoms with E-state index in [1.54, 1.807) is 13.2 Å². The van der Waals surface area contributed by atoms with Crippen molar-refractivity contribution in [2.24, 2.45) is 0 Å². The van der Waals surface area contributed by atoms with Gasteiger partial charge in [0.05, 0.1) is 12.0 Å². The van der Waals surface area contributed by atoms with E-state index in [2.05, 4.69) is 0 Å². The Morgan fingerprint density at radius 1 is 1.22 bits per heavy atom. The third-order valence-corrected chi connectivity index (χ3v) is 4.70. The fourth-order valence-corrected chi connectivity index (χ4v) is 3.43. The van der Waals surface area contributed by atoms with Crippen LogP contribution < -0.4 is 34.3 Å². The van der Waals surface area contributed by atoms with Gasteiger partial charge in [-0.25, -0.2) is 8.42 Å². The van der Waals surface area contributed by atoms with Crippen LogP contribution in [0.5, 0.6) is 5.75 Å². The molecule has 0 aromatic carbocycles. The predicted molar refractivity (Wildman–Crippen MR) is 85.7 cm³/mol. The average Bonchev–Trinajstić information content (AvgIpc) is 2.67. The maximum atomic E-state index is 11.7. The van der Waals surface area contributed by atoms with Crippen LogP contribution in [0.4, 0.5) is 0 Å². The zero-order valence-corrected chi connectivity index (χ0v) is 17.2. The van der Waals surface area contributed by atoms with Crippen molar-refractivity contribution in [3.63, 3.8) is 0 Å². The molecule has 0 unspecified atom stereocenters. The van der Waals surface area contributed by atoms with Crippen LogP contribution in [0.3, 0.4) is 0 Å². The molecule has 0 fully saturated rings. The first-order valence-corrected chi connectivity index (χ1v) is 8.79. The molecule has 23 heavy (non-hydrogen) atoms. The molecule has 0 saturated carbocycles. The first-order valence-electron chi connectivity index (χ1n) is 7.39. The minimum absolute atomic E-state index is 0. The number of rotatable bonds is 5. The van der Waals surface area contributed by atoms with E-state index < -0.39 is 10.1 Å². The molecule has 4 nitrogen and oxygen atoms in total. The van der Waals surface area contributed by atoms with Gasteiger partial charge in [0.15, 0.2) is 0 Å². The predicted octanol–water partition coefficient (Wildman–Crippen LogP) is 0.784. The summed E-state index contributed by atoms with van der Waals surface area (Å²) in [6.45, 7) is 6.06. The third-order valence-electron chi connectivity index (χ3n) is 3.82. The molecular weight excluding hydrogens is 323 g/mol. The zero-order chi connectivity index (χ0) is 16.5. The summed E-state index contributed by atoms with van der Waals surface area (Å²) in [7, 11) is -2.98. The second kappa shape index (κ2) is 7.99. The smallest absolute Gasteiger partial charge is 0.744 e. The molecular formula is C17H21NaO4S. The van der Waals surface area contributed by atoms with Crippen molar-refractivity contribution in [2.75, 3.05) is 7.11 Å². The summed E-state index contributed by atoms with van der Waals surface area (Å²) in [6.07, 6.45) is 1.56. The summed E-state index contributed by atoms with van der Waals surface area (Å²) in [5.74, 6) is 0.812. The maximum Gasteiger partial charge on any atom is 1.00 e. The number of ether oxygens (including phenoxy) is 1. The van der Waals surface area contributed by atoms with E-state index in [1.165, 1.54) is 6.07 Å². The molecule has 6 heteroatoms. The van der Waals surface area contributed by atoms with Gasteiger partial charge in [0, 0.05) is 11.1 Å². The van der Waals surface area contributed by atoms with Gasteiger partial charge in [0.2, 0.25) is 0 Å². The van der Waals surface area contributed by atoms with Crippen LogP contribution in [0.1, 0.15) is 44.2 Å². The quantitative estimate of drug-likeness (QED) is 0.594. The summed E-state index contributed by atoms with van der Waals surface area (Å²) in [6, 6.07) is 7.06. The van der Waals surface area contributed by atoms with Gasteiger partial charge in [0.25, 0.3) is 0 Å². The largest absolute Gasteiger partial charge is 1.00 e. The molecule has 0 aromatic heterocycles. The molecule has 2 aliphatic rings. The van der Waals surface area contributed by atoms with E-state index in [1.807, 2.05) is 32.9 Å². The van der Waals surface area contributed by atoms with E-state index in [4.69, 9.17) is 4.74 Å². The Morgan fingerprint density at radius 2 is 1.87 bits per heavy atom. The molecule has 0 heterocycles. The Morgan fingerprint density at radius 3 is 2.35 bits per heavy atom. The molecule has 0 atom stereocenters. The number of hydrogen-bond acceptors (Lipinski definition) is 4. The SMILES string of the molecule is CCCc1cc(S(=O)(=O)[O-])c2cc(C(C)C)ccc(OC)c1-2.[Na+]. The molecule has 0 radical (unpaired) electrons. The molecule has 120 valence electrons. The summed E-state index contributed by atoms with van der Waals surface area (Å²) < 4.78 is 40.4. The summed E-state index contributed by atoms with van der Waals surface area (Å²) in [5.41, 5.74) is 3.00. The van der Waals surface area contributed by atoms with Crippen LogP contribution in [-0.2, 0) is 16.5 Å². The van der Waals surface area contributed by atoms with Crippen molar-refractivity contribution >= 4 is 10.1 Å². The maximum absolute atomic E-state index is 11.7. The summed E-state index contributed by atoms with van der Waals surface area (Å²) >= 11 is 0. The summed E-state index contributed by atoms with van der Waals surface area (Å²) in [5, 5.41) is 0. The van der Waals surface area contributed by atoms with Gasteiger partial charge in [-0.15, -0.1) is 0 Å². The van der Waals surface area contributed by atoms with Crippen LogP contribution in [0.2, 0.25) is 0 Å². The molecule has 0 saturated heterocycles. The van der Waals surface area contributed by atoms with Crippen molar-refractivity contribution in [2.45, 2.75) is 44.4 Å². The zero-order valence-electron chi connectivity index (χ0n) is 14.3. The van der Waals surface area contributed by atoms with Crippen molar-refractivity contribution < 1.29 is 47.3 Å². The number of hydrogen-bond donors (Lipinski definition) is 0. The second-order valence-electron chi connectivity index (χ2n) is 5.73. The molecule has 2 rings (SSSR count). The van der Waals surface area contributed by atoms with Gasteiger partial charge in [-0.3, -0.25) is 0 Å². The molecule has 0 aromatic rings. The fourth-order valence-electron chi connectivity index (χ4n) is 2.71. The van der Waals surface area contributed by atoms with Crippen molar-refractivity contribution in [3.05, 3.63) is 35.4 Å². The normalized spacial score (nSPS) is 11.6. The standard InChI is InChI=1S/C17H22O4S.Na/c1-5-6-13-10-16(22(18,19)20)14-9-12(11(2)3)7-8-15(21-4)17(13)14;/h7-11H,5-6H2,1-4H3,(H,18,19,20);/q;+1/p-1. The van der Waals surface area contributed by atoms with Crippen LogP contribution in [0.15, 0.2) is 29.2 Å². The molecule has 0 N–H and O–H groups in total. The van der Waals surface area contributed by atoms with E-state index in [9.17, 15) is 13.0 Å². The van der Waals surface area contributed by atoms with Crippen molar-refractivity contribution in [3.8, 4) is 16.9 Å². The van der Waals surface area contributed by atoms with Gasteiger partial charge in [0.1, 0.15) is 15.9 Å². The van der Waals surface area contributed by atoms with E-state index in [0.29, 0.717) is 17.7 Å². The first-order chi connectivity index (χ1) is 10.3.